The molecule has 86 valence electrons. The van der Waals surface area contributed by atoms with Gasteiger partial charge in [0.25, 0.3) is 0 Å². The van der Waals surface area contributed by atoms with Crippen LogP contribution in [0.5, 0.6) is 0 Å². The maximum Gasteiger partial charge on any atom is 0.146 e. The largest absolute Gasteiger partial charge is 0.360 e. The van der Waals surface area contributed by atoms with Gasteiger partial charge in [-0.15, -0.1) is 0 Å². The third-order valence-corrected chi connectivity index (χ3v) is 3.28. The fourth-order valence-electron chi connectivity index (χ4n) is 2.37. The molecule has 1 heterocycles. The molecule has 0 fully saturated rings. The van der Waals surface area contributed by atoms with E-state index in [1.807, 2.05) is 31.2 Å². The first kappa shape index (κ1) is 10.3. The van der Waals surface area contributed by atoms with Gasteiger partial charge >= 0.3 is 0 Å². The van der Waals surface area contributed by atoms with Crippen LogP contribution in [-0.2, 0) is 13.1 Å². The zero-order valence-corrected chi connectivity index (χ0v) is 9.78. The molecule has 0 N–H and O–H groups in total. The van der Waals surface area contributed by atoms with Crippen molar-refractivity contribution in [2.75, 3.05) is 4.90 Å². The van der Waals surface area contributed by atoms with Gasteiger partial charge in [0, 0.05) is 13.1 Å². The standard InChI is InChI=1S/C15H14FN/c1-11-6-7-15(14(16)8-11)17-9-12-4-2-3-5-13(12)10-17/h2-8H,9-10H2,1H3. The highest BCUT2D eigenvalue weighted by atomic mass is 19.1. The van der Waals surface area contributed by atoms with Crippen molar-refractivity contribution in [3.05, 3.63) is 65.0 Å². The van der Waals surface area contributed by atoms with Gasteiger partial charge < -0.3 is 4.90 Å². The van der Waals surface area contributed by atoms with Crippen LogP contribution in [0.1, 0.15) is 16.7 Å². The Kier molecular flexibility index (Phi) is 2.36. The summed E-state index contributed by atoms with van der Waals surface area (Å²) in [5, 5.41) is 0. The van der Waals surface area contributed by atoms with Gasteiger partial charge in [-0.05, 0) is 35.7 Å². The normalized spacial score (nSPS) is 13.9. The lowest BCUT2D eigenvalue weighted by atomic mass is 10.1. The van der Waals surface area contributed by atoms with Gasteiger partial charge in [0.15, 0.2) is 0 Å². The van der Waals surface area contributed by atoms with Crippen LogP contribution in [0, 0.1) is 12.7 Å². The molecule has 0 saturated carbocycles. The van der Waals surface area contributed by atoms with E-state index in [1.54, 1.807) is 6.07 Å². The number of fused-ring (bicyclic) bond motifs is 1. The molecule has 2 aromatic carbocycles. The number of anilines is 1. The molecular formula is C15H14FN. The first-order valence-corrected chi connectivity index (χ1v) is 5.82. The lowest BCUT2D eigenvalue weighted by molar-refractivity contribution is 0.618. The second-order valence-electron chi connectivity index (χ2n) is 4.58. The average molecular weight is 227 g/mol. The number of rotatable bonds is 1. The van der Waals surface area contributed by atoms with Crippen molar-refractivity contribution in [3.8, 4) is 0 Å². The van der Waals surface area contributed by atoms with E-state index in [2.05, 4.69) is 17.0 Å². The van der Waals surface area contributed by atoms with E-state index in [1.165, 1.54) is 11.1 Å². The minimum Gasteiger partial charge on any atom is -0.360 e. The first-order chi connectivity index (χ1) is 8.24. The Bertz CT molecular complexity index is 538. The molecule has 2 aromatic rings. The second-order valence-corrected chi connectivity index (χ2v) is 4.58. The smallest absolute Gasteiger partial charge is 0.146 e. The Morgan fingerprint density at radius 2 is 1.65 bits per heavy atom. The Balaban J connectivity index is 1.94. The molecular weight excluding hydrogens is 213 g/mol. The minimum absolute atomic E-state index is 0.127. The summed E-state index contributed by atoms with van der Waals surface area (Å²) < 4.78 is 13.9. The highest BCUT2D eigenvalue weighted by Gasteiger charge is 2.20. The van der Waals surface area contributed by atoms with Crippen molar-refractivity contribution in [3.63, 3.8) is 0 Å². The van der Waals surface area contributed by atoms with Crippen LogP contribution >= 0.6 is 0 Å². The van der Waals surface area contributed by atoms with Gasteiger partial charge in [-0.2, -0.15) is 0 Å². The molecule has 0 atom stereocenters. The molecule has 3 rings (SSSR count). The molecule has 0 unspecified atom stereocenters. The highest BCUT2D eigenvalue weighted by molar-refractivity contribution is 5.53. The van der Waals surface area contributed by atoms with Crippen LogP contribution < -0.4 is 4.90 Å². The Labute approximate surface area is 101 Å². The molecule has 0 spiro atoms. The van der Waals surface area contributed by atoms with Crippen LogP contribution in [0.15, 0.2) is 42.5 Å². The van der Waals surface area contributed by atoms with Crippen LogP contribution in [0.3, 0.4) is 0 Å². The molecule has 0 aromatic heterocycles. The van der Waals surface area contributed by atoms with E-state index < -0.39 is 0 Å². The van der Waals surface area contributed by atoms with Gasteiger partial charge in [0.2, 0.25) is 0 Å². The third kappa shape index (κ3) is 1.80. The lowest BCUT2D eigenvalue weighted by Gasteiger charge is -2.18. The fraction of sp³-hybridized carbons (Fsp3) is 0.200. The summed E-state index contributed by atoms with van der Waals surface area (Å²) in [7, 11) is 0. The highest BCUT2D eigenvalue weighted by Crippen LogP contribution is 2.30. The summed E-state index contributed by atoms with van der Waals surface area (Å²) in [5.74, 6) is -0.127. The van der Waals surface area contributed by atoms with Gasteiger partial charge in [-0.25, -0.2) is 4.39 Å². The molecule has 0 bridgehead atoms. The van der Waals surface area contributed by atoms with E-state index in [0.717, 1.165) is 18.7 Å². The maximum atomic E-state index is 13.9. The summed E-state index contributed by atoms with van der Waals surface area (Å²) in [4.78, 5) is 2.08. The summed E-state index contributed by atoms with van der Waals surface area (Å²) in [6.45, 7) is 3.51. The minimum atomic E-state index is -0.127. The quantitative estimate of drug-likeness (QED) is 0.718. The predicted molar refractivity (Wildman–Crippen MR) is 67.5 cm³/mol. The fourth-order valence-corrected chi connectivity index (χ4v) is 2.37. The molecule has 1 aliphatic heterocycles. The lowest BCUT2D eigenvalue weighted by Crippen LogP contribution is -2.15. The van der Waals surface area contributed by atoms with Crippen LogP contribution in [0.25, 0.3) is 0 Å². The maximum absolute atomic E-state index is 13.9. The third-order valence-electron chi connectivity index (χ3n) is 3.28. The van der Waals surface area contributed by atoms with Crippen molar-refractivity contribution in [1.29, 1.82) is 0 Å². The number of halogens is 1. The van der Waals surface area contributed by atoms with Crippen molar-refractivity contribution in [2.45, 2.75) is 20.0 Å². The zero-order valence-electron chi connectivity index (χ0n) is 9.78. The molecule has 17 heavy (non-hydrogen) atoms. The van der Waals surface area contributed by atoms with Crippen molar-refractivity contribution >= 4 is 5.69 Å². The molecule has 2 heteroatoms. The van der Waals surface area contributed by atoms with Crippen molar-refractivity contribution in [1.82, 2.24) is 0 Å². The Morgan fingerprint density at radius 1 is 1.00 bits per heavy atom. The van der Waals surface area contributed by atoms with E-state index in [0.29, 0.717) is 5.69 Å². The Morgan fingerprint density at radius 3 is 2.24 bits per heavy atom. The molecule has 0 saturated heterocycles. The van der Waals surface area contributed by atoms with Crippen molar-refractivity contribution in [2.24, 2.45) is 0 Å². The Hall–Kier alpha value is -1.83. The van der Waals surface area contributed by atoms with Gasteiger partial charge in [0.05, 0.1) is 5.69 Å². The van der Waals surface area contributed by atoms with Gasteiger partial charge in [0.1, 0.15) is 5.82 Å². The van der Waals surface area contributed by atoms with Crippen LogP contribution in [0.2, 0.25) is 0 Å². The van der Waals surface area contributed by atoms with E-state index in [9.17, 15) is 4.39 Å². The molecule has 1 nitrogen and oxygen atoms in total. The van der Waals surface area contributed by atoms with Crippen LogP contribution in [-0.4, -0.2) is 0 Å². The topological polar surface area (TPSA) is 3.24 Å². The molecule has 0 amide bonds. The van der Waals surface area contributed by atoms with Gasteiger partial charge in [-0.1, -0.05) is 30.3 Å². The van der Waals surface area contributed by atoms with E-state index >= 15 is 0 Å². The molecule has 1 aliphatic rings. The SMILES string of the molecule is Cc1ccc(N2Cc3ccccc3C2)c(F)c1. The number of aryl methyl sites for hydroxylation is 1. The summed E-state index contributed by atoms with van der Waals surface area (Å²) in [6, 6.07) is 13.7. The van der Waals surface area contributed by atoms with Crippen LogP contribution in [0.4, 0.5) is 10.1 Å². The predicted octanol–water partition coefficient (Wildman–Crippen LogP) is 3.65. The number of benzene rings is 2. The molecule has 0 radical (unpaired) electrons. The number of hydrogen-bond donors (Lipinski definition) is 0. The summed E-state index contributed by atoms with van der Waals surface area (Å²) in [6.07, 6.45) is 0. The monoisotopic (exact) mass is 227 g/mol. The number of hydrogen-bond acceptors (Lipinski definition) is 1. The summed E-state index contributed by atoms with van der Waals surface area (Å²) in [5.41, 5.74) is 4.26. The van der Waals surface area contributed by atoms with Gasteiger partial charge in [-0.3, -0.25) is 0 Å². The summed E-state index contributed by atoms with van der Waals surface area (Å²) >= 11 is 0. The van der Waals surface area contributed by atoms with Crippen molar-refractivity contribution < 1.29 is 4.39 Å². The average Bonchev–Trinajstić information content (AvgIpc) is 2.72. The van der Waals surface area contributed by atoms with E-state index in [4.69, 9.17) is 0 Å². The number of nitrogens with zero attached hydrogens (tertiary/aromatic N) is 1. The zero-order chi connectivity index (χ0) is 11.8. The first-order valence-electron chi connectivity index (χ1n) is 5.82. The van der Waals surface area contributed by atoms with E-state index in [-0.39, 0.29) is 5.82 Å². The molecule has 0 aliphatic carbocycles. The second kappa shape index (κ2) is 3.88.